The number of nitrogen functional groups attached to an aromatic ring is 1. The van der Waals surface area contributed by atoms with Crippen LogP contribution in [-0.4, -0.2) is 0 Å². The summed E-state index contributed by atoms with van der Waals surface area (Å²) in [6.07, 6.45) is 0. The second kappa shape index (κ2) is 5.38. The number of hydrogen-bond donors (Lipinski definition) is 1. The zero-order valence-electron chi connectivity index (χ0n) is 9.69. The van der Waals surface area contributed by atoms with Crippen molar-refractivity contribution in [1.82, 2.24) is 0 Å². The van der Waals surface area contributed by atoms with Gasteiger partial charge in [0.05, 0.1) is 10.7 Å². The Labute approximate surface area is 115 Å². The number of aryl methyl sites for hydroxylation is 1. The summed E-state index contributed by atoms with van der Waals surface area (Å²) in [7, 11) is 0. The van der Waals surface area contributed by atoms with Crippen LogP contribution >= 0.6 is 23.2 Å². The van der Waals surface area contributed by atoms with Crippen LogP contribution in [0.25, 0.3) is 0 Å². The lowest BCUT2D eigenvalue weighted by Gasteiger charge is -2.01. The molecule has 92 valence electrons. The van der Waals surface area contributed by atoms with E-state index in [4.69, 9.17) is 28.9 Å². The van der Waals surface area contributed by atoms with E-state index in [-0.39, 0.29) is 0 Å². The lowest BCUT2D eigenvalue weighted by molar-refractivity contribution is 1.23. The van der Waals surface area contributed by atoms with E-state index < -0.39 is 0 Å². The van der Waals surface area contributed by atoms with E-state index in [0.717, 1.165) is 5.56 Å². The molecule has 0 atom stereocenters. The summed E-state index contributed by atoms with van der Waals surface area (Å²) in [5, 5.41) is 9.16. The van der Waals surface area contributed by atoms with Crippen LogP contribution in [0.3, 0.4) is 0 Å². The normalized spacial score (nSPS) is 11.1. The Hall–Kier alpha value is -1.58. The summed E-state index contributed by atoms with van der Waals surface area (Å²) < 4.78 is 0. The molecule has 0 amide bonds. The van der Waals surface area contributed by atoms with Crippen molar-refractivity contribution in [3.05, 3.63) is 52.0 Å². The van der Waals surface area contributed by atoms with Gasteiger partial charge in [-0.3, -0.25) is 0 Å². The monoisotopic (exact) mass is 279 g/mol. The lowest BCUT2D eigenvalue weighted by Crippen LogP contribution is -1.85. The first-order valence-corrected chi connectivity index (χ1v) is 6.05. The first kappa shape index (κ1) is 12.9. The van der Waals surface area contributed by atoms with Crippen LogP contribution in [0.4, 0.5) is 17.1 Å². The van der Waals surface area contributed by atoms with Gasteiger partial charge in [-0.1, -0.05) is 29.3 Å². The van der Waals surface area contributed by atoms with E-state index in [1.54, 1.807) is 18.2 Å². The quantitative estimate of drug-likeness (QED) is 0.589. The molecule has 5 heteroatoms. The summed E-state index contributed by atoms with van der Waals surface area (Å²) in [6.45, 7) is 1.97. The smallest absolute Gasteiger partial charge is 0.109 e. The highest BCUT2D eigenvalue weighted by atomic mass is 35.5. The van der Waals surface area contributed by atoms with Gasteiger partial charge in [0, 0.05) is 5.02 Å². The zero-order valence-corrected chi connectivity index (χ0v) is 11.2. The molecule has 2 aromatic rings. The molecule has 0 saturated heterocycles. The SMILES string of the molecule is Cc1ccc(N=Nc2ccc(Cl)cc2Cl)c(N)c1. The van der Waals surface area contributed by atoms with Crippen LogP contribution in [0.1, 0.15) is 5.56 Å². The molecule has 18 heavy (non-hydrogen) atoms. The van der Waals surface area contributed by atoms with Gasteiger partial charge in [-0.05, 0) is 42.8 Å². The highest BCUT2D eigenvalue weighted by Gasteiger charge is 2.01. The van der Waals surface area contributed by atoms with Crippen molar-refractivity contribution >= 4 is 40.3 Å². The van der Waals surface area contributed by atoms with E-state index in [2.05, 4.69) is 10.2 Å². The number of rotatable bonds is 2. The van der Waals surface area contributed by atoms with Gasteiger partial charge in [0.2, 0.25) is 0 Å². The molecule has 0 bridgehead atoms. The fourth-order valence-electron chi connectivity index (χ4n) is 1.44. The summed E-state index contributed by atoms with van der Waals surface area (Å²) in [5.41, 5.74) is 8.68. The Bertz CT molecular complexity index is 556. The molecule has 3 nitrogen and oxygen atoms in total. The number of halogens is 2. The number of nitrogens with two attached hydrogens (primary N) is 1. The topological polar surface area (TPSA) is 50.7 Å². The van der Waals surface area contributed by atoms with Gasteiger partial charge in [0.15, 0.2) is 0 Å². The molecule has 0 aliphatic heterocycles. The maximum atomic E-state index is 5.99. The molecule has 0 saturated carbocycles. The largest absolute Gasteiger partial charge is 0.397 e. The number of azo groups is 1. The Morgan fingerprint density at radius 1 is 0.944 bits per heavy atom. The standard InChI is InChI=1S/C13H11Cl2N3/c1-8-2-4-13(11(16)6-8)18-17-12-5-3-9(14)7-10(12)15/h2-7H,16H2,1H3. The molecule has 0 fully saturated rings. The Morgan fingerprint density at radius 2 is 1.61 bits per heavy atom. The maximum Gasteiger partial charge on any atom is 0.109 e. The maximum absolute atomic E-state index is 5.99. The van der Waals surface area contributed by atoms with Crippen molar-refractivity contribution < 1.29 is 0 Å². The molecule has 0 radical (unpaired) electrons. The van der Waals surface area contributed by atoms with Gasteiger partial charge in [0.25, 0.3) is 0 Å². The molecule has 0 aliphatic carbocycles. The van der Waals surface area contributed by atoms with Crippen LogP contribution in [0.15, 0.2) is 46.6 Å². The summed E-state index contributed by atoms with van der Waals surface area (Å²) in [6, 6.07) is 10.6. The van der Waals surface area contributed by atoms with E-state index in [1.165, 1.54) is 0 Å². The zero-order chi connectivity index (χ0) is 13.1. The predicted octanol–water partition coefficient (Wildman–Crippen LogP) is 5.30. The van der Waals surface area contributed by atoms with Gasteiger partial charge >= 0.3 is 0 Å². The van der Waals surface area contributed by atoms with Crippen LogP contribution in [0, 0.1) is 6.92 Å². The highest BCUT2D eigenvalue weighted by Crippen LogP contribution is 2.30. The van der Waals surface area contributed by atoms with Crippen molar-refractivity contribution in [3.8, 4) is 0 Å². The van der Waals surface area contributed by atoms with Gasteiger partial charge in [0.1, 0.15) is 11.4 Å². The second-order valence-electron chi connectivity index (χ2n) is 3.86. The average molecular weight is 280 g/mol. The molecule has 2 aromatic carbocycles. The van der Waals surface area contributed by atoms with Crippen LogP contribution < -0.4 is 5.73 Å². The molecule has 2 N–H and O–H groups in total. The molecule has 0 aromatic heterocycles. The number of benzene rings is 2. The van der Waals surface area contributed by atoms with Gasteiger partial charge in [-0.25, -0.2) is 0 Å². The summed E-state index contributed by atoms with van der Waals surface area (Å²) in [5.74, 6) is 0. The van der Waals surface area contributed by atoms with Crippen molar-refractivity contribution in [3.63, 3.8) is 0 Å². The minimum Gasteiger partial charge on any atom is -0.397 e. The lowest BCUT2D eigenvalue weighted by atomic mass is 10.2. The third-order valence-corrected chi connectivity index (χ3v) is 2.90. The number of hydrogen-bond acceptors (Lipinski definition) is 3. The van der Waals surface area contributed by atoms with Crippen molar-refractivity contribution in [2.24, 2.45) is 10.2 Å². The molecule has 2 rings (SSSR count). The van der Waals surface area contributed by atoms with Gasteiger partial charge in [-0.15, -0.1) is 10.2 Å². The fourth-order valence-corrected chi connectivity index (χ4v) is 1.88. The van der Waals surface area contributed by atoms with Gasteiger partial charge < -0.3 is 5.73 Å². The van der Waals surface area contributed by atoms with Crippen LogP contribution in [0.5, 0.6) is 0 Å². The van der Waals surface area contributed by atoms with E-state index in [1.807, 2.05) is 25.1 Å². The Kier molecular flexibility index (Phi) is 3.84. The van der Waals surface area contributed by atoms with E-state index in [0.29, 0.717) is 27.1 Å². The Morgan fingerprint density at radius 3 is 2.28 bits per heavy atom. The average Bonchev–Trinajstić information content (AvgIpc) is 2.30. The first-order chi connectivity index (χ1) is 8.56. The second-order valence-corrected chi connectivity index (χ2v) is 4.70. The van der Waals surface area contributed by atoms with Crippen molar-refractivity contribution in [1.29, 1.82) is 0 Å². The minimum atomic E-state index is 0.455. The van der Waals surface area contributed by atoms with Crippen molar-refractivity contribution in [2.45, 2.75) is 6.92 Å². The third-order valence-electron chi connectivity index (χ3n) is 2.36. The predicted molar refractivity (Wildman–Crippen MR) is 76.2 cm³/mol. The molecular weight excluding hydrogens is 269 g/mol. The number of nitrogens with zero attached hydrogens (tertiary/aromatic N) is 2. The highest BCUT2D eigenvalue weighted by molar-refractivity contribution is 6.36. The third kappa shape index (κ3) is 3.00. The molecule has 0 unspecified atom stereocenters. The van der Waals surface area contributed by atoms with E-state index in [9.17, 15) is 0 Å². The van der Waals surface area contributed by atoms with Gasteiger partial charge in [-0.2, -0.15) is 0 Å². The molecular formula is C13H11Cl2N3. The summed E-state index contributed by atoms with van der Waals surface area (Å²) in [4.78, 5) is 0. The summed E-state index contributed by atoms with van der Waals surface area (Å²) >= 11 is 11.8. The van der Waals surface area contributed by atoms with Crippen LogP contribution in [0.2, 0.25) is 10.0 Å². The first-order valence-electron chi connectivity index (χ1n) is 5.29. The molecule has 0 aliphatic rings. The van der Waals surface area contributed by atoms with E-state index >= 15 is 0 Å². The number of anilines is 1. The fraction of sp³-hybridized carbons (Fsp3) is 0.0769. The molecule has 0 spiro atoms. The Balaban J connectivity index is 2.30. The van der Waals surface area contributed by atoms with Crippen LogP contribution in [-0.2, 0) is 0 Å². The van der Waals surface area contributed by atoms with Crippen molar-refractivity contribution in [2.75, 3.05) is 5.73 Å². The molecule has 0 heterocycles. The minimum absolute atomic E-state index is 0.455.